The van der Waals surface area contributed by atoms with Crippen molar-refractivity contribution in [1.82, 2.24) is 4.57 Å². The van der Waals surface area contributed by atoms with Gasteiger partial charge in [-0.25, -0.2) is 0 Å². The molecule has 3 rings (SSSR count). The summed E-state index contributed by atoms with van der Waals surface area (Å²) < 4.78 is 46.1. The first kappa shape index (κ1) is 19.9. The number of hydrogen-bond donors (Lipinski definition) is 0. The average molecular weight is 404 g/mol. The first-order valence-electron chi connectivity index (χ1n) is 8.76. The van der Waals surface area contributed by atoms with Gasteiger partial charge in [-0.05, 0) is 19.1 Å². The molecule has 0 atom stereocenters. The van der Waals surface area contributed by atoms with E-state index < -0.39 is 10.0 Å². The van der Waals surface area contributed by atoms with Crippen molar-refractivity contribution in [2.75, 3.05) is 32.2 Å². The van der Waals surface area contributed by atoms with Gasteiger partial charge in [0, 0.05) is 36.6 Å². The van der Waals surface area contributed by atoms with Gasteiger partial charge in [0.15, 0.2) is 16.5 Å². The van der Waals surface area contributed by atoms with Crippen LogP contribution in [0.3, 0.4) is 0 Å². The molecule has 0 N–H and O–H groups in total. The normalized spacial score (nSPS) is 11.5. The number of nitrogens with zero attached hydrogens (tertiary/aromatic N) is 2. The van der Waals surface area contributed by atoms with Crippen molar-refractivity contribution in [3.63, 3.8) is 0 Å². The van der Waals surface area contributed by atoms with E-state index in [9.17, 15) is 8.42 Å². The molecule has 0 aliphatic heterocycles. The number of hydrogen-bond acceptors (Lipinski definition) is 5. The molecule has 0 aliphatic carbocycles. The topological polar surface area (TPSA) is 70.0 Å². The van der Waals surface area contributed by atoms with Gasteiger partial charge in [-0.3, -0.25) is 4.31 Å². The fourth-order valence-electron chi connectivity index (χ4n) is 3.33. The molecule has 0 fully saturated rings. The number of sulfonamides is 1. The van der Waals surface area contributed by atoms with Crippen molar-refractivity contribution in [2.45, 2.75) is 11.9 Å². The first-order valence-corrected chi connectivity index (χ1v) is 10.2. The summed E-state index contributed by atoms with van der Waals surface area (Å²) in [6, 6.07) is 12.5. The van der Waals surface area contributed by atoms with Crippen LogP contribution < -0.4 is 18.5 Å². The lowest BCUT2D eigenvalue weighted by Gasteiger charge is -2.25. The molecule has 0 radical (unpaired) electrons. The number of methoxy groups -OCH3 is 3. The Balaban J connectivity index is 2.18. The lowest BCUT2D eigenvalue weighted by atomic mass is 10.2. The van der Waals surface area contributed by atoms with E-state index in [0.717, 1.165) is 10.9 Å². The van der Waals surface area contributed by atoms with Crippen LogP contribution in [0.1, 0.15) is 6.92 Å². The molecule has 3 aromatic rings. The van der Waals surface area contributed by atoms with Crippen LogP contribution in [0.2, 0.25) is 0 Å². The van der Waals surface area contributed by atoms with Crippen molar-refractivity contribution in [3.05, 3.63) is 42.5 Å². The molecular weight excluding hydrogens is 380 g/mol. The molecule has 0 saturated heterocycles. The Kier molecular flexibility index (Phi) is 5.42. The van der Waals surface area contributed by atoms with Crippen LogP contribution in [-0.2, 0) is 17.1 Å². The summed E-state index contributed by atoms with van der Waals surface area (Å²) >= 11 is 0. The van der Waals surface area contributed by atoms with E-state index in [4.69, 9.17) is 14.2 Å². The second-order valence-electron chi connectivity index (χ2n) is 6.15. The minimum absolute atomic E-state index is 0.212. The summed E-state index contributed by atoms with van der Waals surface area (Å²) in [5.41, 5.74) is 1.28. The van der Waals surface area contributed by atoms with Crippen molar-refractivity contribution in [3.8, 4) is 17.2 Å². The summed E-state index contributed by atoms with van der Waals surface area (Å²) in [5.74, 6) is 1.19. The molecule has 1 aromatic heterocycles. The summed E-state index contributed by atoms with van der Waals surface area (Å²) in [7, 11) is 2.42. The molecule has 0 spiro atoms. The van der Waals surface area contributed by atoms with Gasteiger partial charge in [-0.2, -0.15) is 8.42 Å². The van der Waals surface area contributed by atoms with Gasteiger partial charge < -0.3 is 18.8 Å². The number of benzene rings is 2. The van der Waals surface area contributed by atoms with Gasteiger partial charge in [0.25, 0.3) is 10.0 Å². The Hall–Kier alpha value is -2.87. The van der Waals surface area contributed by atoms with E-state index in [0.29, 0.717) is 22.9 Å². The van der Waals surface area contributed by atoms with Gasteiger partial charge >= 0.3 is 0 Å². The zero-order valence-corrected chi connectivity index (χ0v) is 17.4. The Morgan fingerprint density at radius 3 is 2.07 bits per heavy atom. The fraction of sp³-hybridized carbons (Fsp3) is 0.300. The first-order chi connectivity index (χ1) is 13.4. The molecule has 8 heteroatoms. The van der Waals surface area contributed by atoms with E-state index in [1.165, 1.54) is 25.6 Å². The highest BCUT2D eigenvalue weighted by atomic mass is 32.2. The summed E-state index contributed by atoms with van der Waals surface area (Å²) in [4.78, 5) is 0. The van der Waals surface area contributed by atoms with Gasteiger partial charge in [0.05, 0.1) is 27.0 Å². The monoisotopic (exact) mass is 404 g/mol. The van der Waals surface area contributed by atoms with E-state index in [-0.39, 0.29) is 11.6 Å². The molecule has 0 bridgehead atoms. The van der Waals surface area contributed by atoms with E-state index in [1.54, 1.807) is 36.7 Å². The van der Waals surface area contributed by atoms with Crippen LogP contribution in [0.4, 0.5) is 5.69 Å². The summed E-state index contributed by atoms with van der Waals surface area (Å²) in [6.45, 7) is 2.02. The highest BCUT2D eigenvalue weighted by Crippen LogP contribution is 2.42. The fourth-order valence-corrected chi connectivity index (χ4v) is 5.00. The van der Waals surface area contributed by atoms with Crippen molar-refractivity contribution >= 4 is 26.6 Å². The zero-order valence-electron chi connectivity index (χ0n) is 16.6. The van der Waals surface area contributed by atoms with Crippen LogP contribution in [0.5, 0.6) is 17.2 Å². The second kappa shape index (κ2) is 7.63. The molecule has 1 heterocycles. The number of para-hydroxylation sites is 1. The number of rotatable bonds is 7. The number of ether oxygens (including phenoxy) is 3. The molecule has 150 valence electrons. The smallest absolute Gasteiger partial charge is 0.280 e. The molecule has 7 nitrogen and oxygen atoms in total. The third-order valence-corrected chi connectivity index (χ3v) is 6.66. The SMILES string of the molecule is CCN(c1cc(OC)c(OC)c(OC)c1)S(=O)(=O)c1cc2ccccc2n1C. The molecular formula is C20H24N2O5S. The van der Waals surface area contributed by atoms with Gasteiger partial charge in [-0.15, -0.1) is 0 Å². The van der Waals surface area contributed by atoms with Crippen LogP contribution in [0.15, 0.2) is 47.5 Å². The number of aryl methyl sites for hydroxylation is 1. The maximum Gasteiger partial charge on any atom is 0.280 e. The van der Waals surface area contributed by atoms with Crippen molar-refractivity contribution in [1.29, 1.82) is 0 Å². The molecule has 2 aromatic carbocycles. The number of fused-ring (bicyclic) bond motifs is 1. The molecule has 0 aliphatic rings. The predicted molar refractivity (Wildman–Crippen MR) is 109 cm³/mol. The number of aromatic nitrogens is 1. The maximum atomic E-state index is 13.5. The molecule has 28 heavy (non-hydrogen) atoms. The van der Waals surface area contributed by atoms with Crippen LogP contribution in [0, 0.1) is 0 Å². The predicted octanol–water partition coefficient (Wildman–Crippen LogP) is 3.42. The molecule has 0 saturated carbocycles. The largest absolute Gasteiger partial charge is 0.493 e. The second-order valence-corrected chi connectivity index (χ2v) is 7.96. The molecule has 0 unspecified atom stereocenters. The van der Waals surface area contributed by atoms with E-state index >= 15 is 0 Å². The highest BCUT2D eigenvalue weighted by Gasteiger charge is 2.29. The van der Waals surface area contributed by atoms with Crippen molar-refractivity contribution < 1.29 is 22.6 Å². The van der Waals surface area contributed by atoms with E-state index in [1.807, 2.05) is 24.3 Å². The number of anilines is 1. The van der Waals surface area contributed by atoms with E-state index in [2.05, 4.69) is 0 Å². The van der Waals surface area contributed by atoms with Crippen LogP contribution in [-0.4, -0.2) is 40.9 Å². The zero-order chi connectivity index (χ0) is 20.5. The lowest BCUT2D eigenvalue weighted by molar-refractivity contribution is 0.324. The third kappa shape index (κ3) is 3.13. The Morgan fingerprint density at radius 1 is 0.964 bits per heavy atom. The maximum absolute atomic E-state index is 13.5. The van der Waals surface area contributed by atoms with Crippen molar-refractivity contribution in [2.24, 2.45) is 7.05 Å². The Morgan fingerprint density at radius 2 is 1.57 bits per heavy atom. The van der Waals surface area contributed by atoms with Crippen LogP contribution >= 0.6 is 0 Å². The minimum Gasteiger partial charge on any atom is -0.493 e. The third-order valence-electron chi connectivity index (χ3n) is 4.69. The highest BCUT2D eigenvalue weighted by molar-refractivity contribution is 7.92. The van der Waals surface area contributed by atoms with Gasteiger partial charge in [0.1, 0.15) is 0 Å². The molecule has 0 amide bonds. The quantitative estimate of drug-likeness (QED) is 0.603. The standard InChI is InChI=1S/C20H24N2O5S/c1-6-22(15-12-17(25-3)20(27-5)18(13-15)26-4)28(23,24)19-11-14-9-7-8-10-16(14)21(19)2/h7-13H,6H2,1-5H3. The van der Waals surface area contributed by atoms with Crippen LogP contribution in [0.25, 0.3) is 10.9 Å². The Bertz CT molecular complexity index is 1080. The lowest BCUT2D eigenvalue weighted by Crippen LogP contribution is -2.32. The van der Waals surface area contributed by atoms with Gasteiger partial charge in [0.2, 0.25) is 5.75 Å². The minimum atomic E-state index is -3.82. The Labute approximate surface area is 165 Å². The average Bonchev–Trinajstić information content (AvgIpc) is 3.05. The van der Waals surface area contributed by atoms with Gasteiger partial charge in [-0.1, -0.05) is 18.2 Å². The summed E-state index contributed by atoms with van der Waals surface area (Å²) in [6.07, 6.45) is 0. The summed E-state index contributed by atoms with van der Waals surface area (Å²) in [5, 5.41) is 1.08.